The number of carbonyl (C=O) groups excluding carboxylic acids is 3. The summed E-state index contributed by atoms with van der Waals surface area (Å²) in [5, 5.41) is 12.1. The normalized spacial score (nSPS) is 15.6. The molecule has 2 aromatic rings. The summed E-state index contributed by atoms with van der Waals surface area (Å²) in [6.45, 7) is 4.10. The highest BCUT2D eigenvalue weighted by molar-refractivity contribution is 9.10. The zero-order valence-corrected chi connectivity index (χ0v) is 17.4. The highest BCUT2D eigenvalue weighted by Gasteiger charge is 2.36. The molecule has 4 amide bonds. The van der Waals surface area contributed by atoms with E-state index in [4.69, 9.17) is 4.74 Å². The number of nitrogens with zero attached hydrogens (tertiary/aromatic N) is 1. The van der Waals surface area contributed by atoms with Gasteiger partial charge in [-0.1, -0.05) is 35.0 Å². The molecule has 2 aromatic carbocycles. The van der Waals surface area contributed by atoms with Crippen molar-refractivity contribution < 1.29 is 24.2 Å². The third kappa shape index (κ3) is 4.17. The Balaban J connectivity index is 2.02. The molecule has 1 fully saturated rings. The molecule has 29 heavy (non-hydrogen) atoms. The van der Waals surface area contributed by atoms with Gasteiger partial charge in [0, 0.05) is 4.47 Å². The van der Waals surface area contributed by atoms with E-state index >= 15 is 0 Å². The number of ether oxygens (including phenoxy) is 1. The number of nitrogens with one attached hydrogen (secondary N) is 1. The first-order chi connectivity index (χ1) is 13.8. The predicted octanol–water partition coefficient (Wildman–Crippen LogP) is 3.78. The van der Waals surface area contributed by atoms with Crippen molar-refractivity contribution >= 4 is 45.5 Å². The molecule has 1 aliphatic rings. The third-order valence-electron chi connectivity index (χ3n) is 4.38. The smallest absolute Gasteiger partial charge is 0.335 e. The van der Waals surface area contributed by atoms with Crippen LogP contribution in [0.25, 0.3) is 6.08 Å². The minimum atomic E-state index is -0.804. The van der Waals surface area contributed by atoms with E-state index in [9.17, 15) is 19.5 Å². The lowest BCUT2D eigenvalue weighted by Crippen LogP contribution is -2.54. The average molecular weight is 459 g/mol. The van der Waals surface area contributed by atoms with Crippen LogP contribution in [0.15, 0.2) is 46.4 Å². The van der Waals surface area contributed by atoms with Crippen LogP contribution in [0.1, 0.15) is 25.0 Å². The molecule has 0 unspecified atom stereocenters. The summed E-state index contributed by atoms with van der Waals surface area (Å²) >= 11 is 3.30. The summed E-state index contributed by atoms with van der Waals surface area (Å²) in [5.41, 5.74) is 1.66. The van der Waals surface area contributed by atoms with E-state index in [1.807, 2.05) is 19.1 Å². The van der Waals surface area contributed by atoms with Gasteiger partial charge < -0.3 is 9.84 Å². The van der Waals surface area contributed by atoms with Gasteiger partial charge in [0.25, 0.3) is 11.8 Å². The molecule has 3 rings (SSSR count). The van der Waals surface area contributed by atoms with E-state index in [1.54, 1.807) is 19.1 Å². The largest absolute Gasteiger partial charge is 0.504 e. The maximum absolute atomic E-state index is 13.0. The second-order valence-corrected chi connectivity index (χ2v) is 7.11. The van der Waals surface area contributed by atoms with Gasteiger partial charge in [-0.25, -0.2) is 9.69 Å². The molecule has 0 atom stereocenters. The monoisotopic (exact) mass is 458 g/mol. The topological polar surface area (TPSA) is 95.9 Å². The Morgan fingerprint density at radius 3 is 2.45 bits per heavy atom. The summed E-state index contributed by atoms with van der Waals surface area (Å²) in [5.74, 6) is -1.39. The summed E-state index contributed by atoms with van der Waals surface area (Å²) in [6, 6.07) is 9.07. The van der Waals surface area contributed by atoms with Gasteiger partial charge in [0.15, 0.2) is 11.5 Å². The van der Waals surface area contributed by atoms with Crippen LogP contribution in [0.4, 0.5) is 10.5 Å². The molecule has 1 heterocycles. The number of halogens is 1. The summed E-state index contributed by atoms with van der Waals surface area (Å²) in [7, 11) is 0. The van der Waals surface area contributed by atoms with E-state index in [0.717, 1.165) is 16.9 Å². The van der Waals surface area contributed by atoms with Crippen LogP contribution in [0, 0.1) is 0 Å². The summed E-state index contributed by atoms with van der Waals surface area (Å²) < 4.78 is 5.81. The minimum Gasteiger partial charge on any atom is -0.504 e. The quantitative estimate of drug-likeness (QED) is 0.524. The summed E-state index contributed by atoms with van der Waals surface area (Å²) in [6.07, 6.45) is 2.17. The van der Waals surface area contributed by atoms with Gasteiger partial charge in [0.1, 0.15) is 5.57 Å². The van der Waals surface area contributed by atoms with Gasteiger partial charge in [-0.05, 0) is 54.8 Å². The fourth-order valence-electron chi connectivity index (χ4n) is 2.87. The van der Waals surface area contributed by atoms with Crippen molar-refractivity contribution in [3.63, 3.8) is 0 Å². The van der Waals surface area contributed by atoms with Gasteiger partial charge in [-0.3, -0.25) is 14.9 Å². The third-order valence-corrected chi connectivity index (χ3v) is 5.07. The maximum atomic E-state index is 13.0. The number of benzene rings is 2. The zero-order valence-electron chi connectivity index (χ0n) is 15.9. The second-order valence-electron chi connectivity index (χ2n) is 6.25. The zero-order chi connectivity index (χ0) is 21.1. The van der Waals surface area contributed by atoms with Crippen LogP contribution < -0.4 is 15.0 Å². The number of urea groups is 1. The standard InChI is InChI=1S/C21H19BrN2O5/c1-3-12-5-7-14(8-6-12)24-20(27)15(19(26)23-21(24)28)9-13-10-18(29-4-2)17(25)11-16(13)22/h5-11,25H,3-4H2,1-2H3,(H,23,26,28)/b15-9-. The lowest BCUT2D eigenvalue weighted by molar-refractivity contribution is -0.122. The van der Waals surface area contributed by atoms with Gasteiger partial charge >= 0.3 is 6.03 Å². The van der Waals surface area contributed by atoms with Crippen molar-refractivity contribution in [3.05, 3.63) is 57.6 Å². The molecule has 0 spiro atoms. The van der Waals surface area contributed by atoms with E-state index < -0.39 is 17.8 Å². The van der Waals surface area contributed by atoms with Gasteiger partial charge in [-0.15, -0.1) is 0 Å². The number of hydrogen-bond acceptors (Lipinski definition) is 5. The molecule has 0 aliphatic carbocycles. The molecular formula is C21H19BrN2O5. The molecular weight excluding hydrogens is 440 g/mol. The Morgan fingerprint density at radius 1 is 1.14 bits per heavy atom. The van der Waals surface area contributed by atoms with Gasteiger partial charge in [0.2, 0.25) is 0 Å². The van der Waals surface area contributed by atoms with Crippen LogP contribution in [-0.4, -0.2) is 29.6 Å². The van der Waals surface area contributed by atoms with Crippen molar-refractivity contribution in [1.29, 1.82) is 0 Å². The highest BCUT2D eigenvalue weighted by Crippen LogP contribution is 2.34. The SMILES string of the molecule is CCOc1cc(/C=C2/C(=O)NC(=O)N(c3ccc(CC)cc3)C2=O)c(Br)cc1O. The lowest BCUT2D eigenvalue weighted by Gasteiger charge is -2.26. The van der Waals surface area contributed by atoms with Gasteiger partial charge in [-0.2, -0.15) is 0 Å². The number of rotatable bonds is 5. The number of aryl methyl sites for hydroxylation is 1. The summed E-state index contributed by atoms with van der Waals surface area (Å²) in [4.78, 5) is 38.5. The molecule has 1 aliphatic heterocycles. The van der Waals surface area contributed by atoms with E-state index in [1.165, 1.54) is 18.2 Å². The van der Waals surface area contributed by atoms with Crippen LogP contribution in [0.2, 0.25) is 0 Å². The minimum absolute atomic E-state index is 0.0758. The highest BCUT2D eigenvalue weighted by atomic mass is 79.9. The molecule has 0 aromatic heterocycles. The lowest BCUT2D eigenvalue weighted by atomic mass is 10.1. The molecule has 7 nitrogen and oxygen atoms in total. The number of amides is 4. The van der Waals surface area contributed by atoms with E-state index in [-0.39, 0.29) is 17.1 Å². The Hall–Kier alpha value is -3.13. The molecule has 0 bridgehead atoms. The number of carbonyl (C=O) groups is 3. The Labute approximate surface area is 176 Å². The molecule has 1 saturated heterocycles. The number of barbiturate groups is 1. The van der Waals surface area contributed by atoms with Crippen LogP contribution in [0.5, 0.6) is 11.5 Å². The van der Waals surface area contributed by atoms with Crippen LogP contribution in [0.3, 0.4) is 0 Å². The van der Waals surface area contributed by atoms with Crippen molar-refractivity contribution in [2.24, 2.45) is 0 Å². The van der Waals surface area contributed by atoms with Crippen molar-refractivity contribution in [2.75, 3.05) is 11.5 Å². The number of aromatic hydroxyl groups is 1. The Morgan fingerprint density at radius 2 is 1.83 bits per heavy atom. The van der Waals surface area contributed by atoms with Crippen LogP contribution >= 0.6 is 15.9 Å². The first-order valence-corrected chi connectivity index (χ1v) is 9.80. The number of phenols is 1. The number of hydrogen-bond donors (Lipinski definition) is 2. The Bertz CT molecular complexity index is 1010. The second kappa shape index (κ2) is 8.48. The molecule has 0 saturated carbocycles. The first-order valence-electron chi connectivity index (χ1n) is 9.01. The molecule has 150 valence electrons. The Kier molecular flexibility index (Phi) is 6.03. The average Bonchev–Trinajstić information content (AvgIpc) is 2.68. The van der Waals surface area contributed by atoms with Crippen molar-refractivity contribution in [1.82, 2.24) is 5.32 Å². The predicted molar refractivity (Wildman–Crippen MR) is 112 cm³/mol. The molecule has 0 radical (unpaired) electrons. The van der Waals surface area contributed by atoms with Crippen LogP contribution in [-0.2, 0) is 16.0 Å². The van der Waals surface area contributed by atoms with Crippen molar-refractivity contribution in [3.8, 4) is 11.5 Å². The van der Waals surface area contributed by atoms with E-state index in [0.29, 0.717) is 22.3 Å². The molecule has 2 N–H and O–H groups in total. The number of phenolic OH excluding ortho intramolecular Hbond substituents is 1. The molecule has 8 heteroatoms. The van der Waals surface area contributed by atoms with E-state index in [2.05, 4.69) is 21.2 Å². The van der Waals surface area contributed by atoms with Crippen molar-refractivity contribution in [2.45, 2.75) is 20.3 Å². The first kappa shape index (κ1) is 20.6. The number of imide groups is 2. The van der Waals surface area contributed by atoms with Gasteiger partial charge in [0.05, 0.1) is 12.3 Å². The fraction of sp³-hybridized carbons (Fsp3) is 0.190. The fourth-order valence-corrected chi connectivity index (χ4v) is 3.31. The maximum Gasteiger partial charge on any atom is 0.335 e. The number of anilines is 1.